The van der Waals surface area contributed by atoms with E-state index in [-0.39, 0.29) is 25.7 Å². The molecule has 0 aliphatic heterocycles. The summed E-state index contributed by atoms with van der Waals surface area (Å²) in [6.45, 7) is 1.07. The standard InChI is InChI=1S/C10H14O7/c1-6(11)17-10(16)3-2-7(4-8(12)13)5-9(14)15/h7H,2-5H2,1H3,(H,12,13)(H,14,15). The molecule has 0 unspecified atom stereocenters. The summed E-state index contributed by atoms with van der Waals surface area (Å²) >= 11 is 0. The molecule has 0 heterocycles. The summed E-state index contributed by atoms with van der Waals surface area (Å²) in [5.41, 5.74) is 0. The van der Waals surface area contributed by atoms with Crippen molar-refractivity contribution < 1.29 is 34.1 Å². The van der Waals surface area contributed by atoms with Crippen molar-refractivity contribution in [1.82, 2.24) is 0 Å². The Balaban J connectivity index is 4.14. The lowest BCUT2D eigenvalue weighted by molar-refractivity contribution is -0.159. The van der Waals surface area contributed by atoms with Crippen LogP contribution in [-0.4, -0.2) is 34.1 Å². The molecule has 0 saturated heterocycles. The first-order chi connectivity index (χ1) is 7.81. The monoisotopic (exact) mass is 246 g/mol. The highest BCUT2D eigenvalue weighted by atomic mass is 16.6. The van der Waals surface area contributed by atoms with E-state index in [1.165, 1.54) is 0 Å². The average Bonchev–Trinajstić information content (AvgIpc) is 2.11. The molecule has 0 bridgehead atoms. The van der Waals surface area contributed by atoms with Gasteiger partial charge in [-0.1, -0.05) is 0 Å². The molecule has 96 valence electrons. The number of aliphatic carboxylic acids is 2. The van der Waals surface area contributed by atoms with Gasteiger partial charge in [0.05, 0.1) is 0 Å². The molecule has 0 rings (SSSR count). The zero-order valence-electron chi connectivity index (χ0n) is 9.34. The van der Waals surface area contributed by atoms with Crippen LogP contribution in [0.4, 0.5) is 0 Å². The van der Waals surface area contributed by atoms with Gasteiger partial charge in [0.2, 0.25) is 0 Å². The number of ether oxygens (including phenoxy) is 1. The molecule has 0 radical (unpaired) electrons. The normalized spacial score (nSPS) is 10.0. The van der Waals surface area contributed by atoms with Crippen LogP contribution in [0.25, 0.3) is 0 Å². The largest absolute Gasteiger partial charge is 0.481 e. The van der Waals surface area contributed by atoms with E-state index >= 15 is 0 Å². The Hall–Kier alpha value is -1.92. The van der Waals surface area contributed by atoms with Crippen LogP contribution < -0.4 is 0 Å². The fourth-order valence-corrected chi connectivity index (χ4v) is 1.30. The Bertz CT molecular complexity index is 305. The SMILES string of the molecule is CC(=O)OC(=O)CCC(CC(=O)O)CC(=O)O. The van der Waals surface area contributed by atoms with E-state index in [9.17, 15) is 19.2 Å². The Morgan fingerprint density at radius 2 is 1.53 bits per heavy atom. The zero-order chi connectivity index (χ0) is 13.4. The van der Waals surface area contributed by atoms with Gasteiger partial charge in [0.25, 0.3) is 0 Å². The van der Waals surface area contributed by atoms with E-state index in [1.54, 1.807) is 0 Å². The molecule has 0 aliphatic rings. The molecular formula is C10H14O7. The van der Waals surface area contributed by atoms with Crippen molar-refractivity contribution in [3.63, 3.8) is 0 Å². The summed E-state index contributed by atoms with van der Waals surface area (Å²) in [5.74, 6) is -4.43. The lowest BCUT2D eigenvalue weighted by Gasteiger charge is -2.11. The summed E-state index contributed by atoms with van der Waals surface area (Å²) in [4.78, 5) is 42.3. The van der Waals surface area contributed by atoms with Gasteiger partial charge in [-0.25, -0.2) is 0 Å². The van der Waals surface area contributed by atoms with E-state index < -0.39 is 29.8 Å². The molecule has 17 heavy (non-hydrogen) atoms. The van der Waals surface area contributed by atoms with Crippen molar-refractivity contribution >= 4 is 23.9 Å². The second-order valence-electron chi connectivity index (χ2n) is 3.57. The summed E-state index contributed by atoms with van der Waals surface area (Å²) in [6.07, 6.45) is -0.783. The molecule has 0 amide bonds. The third kappa shape index (κ3) is 9.04. The molecule has 0 spiro atoms. The minimum atomic E-state index is -1.13. The highest BCUT2D eigenvalue weighted by Crippen LogP contribution is 2.16. The van der Waals surface area contributed by atoms with Gasteiger partial charge in [-0.15, -0.1) is 0 Å². The molecule has 2 N–H and O–H groups in total. The first-order valence-corrected chi connectivity index (χ1v) is 4.96. The molecule has 0 aromatic rings. The van der Waals surface area contributed by atoms with Crippen LogP contribution in [-0.2, 0) is 23.9 Å². The number of rotatable bonds is 7. The number of hydrogen-bond donors (Lipinski definition) is 2. The van der Waals surface area contributed by atoms with Gasteiger partial charge in [0.15, 0.2) is 0 Å². The fourth-order valence-electron chi connectivity index (χ4n) is 1.30. The number of hydrogen-bond acceptors (Lipinski definition) is 5. The lowest BCUT2D eigenvalue weighted by Crippen LogP contribution is -2.16. The summed E-state index contributed by atoms with van der Waals surface area (Å²) in [5, 5.41) is 17.1. The van der Waals surface area contributed by atoms with Crippen molar-refractivity contribution in [2.75, 3.05) is 0 Å². The molecular weight excluding hydrogens is 232 g/mol. The van der Waals surface area contributed by atoms with E-state index in [1.807, 2.05) is 0 Å². The van der Waals surface area contributed by atoms with Crippen LogP contribution >= 0.6 is 0 Å². The molecule has 0 aromatic carbocycles. The summed E-state index contributed by atoms with van der Waals surface area (Å²) < 4.78 is 4.24. The van der Waals surface area contributed by atoms with Gasteiger partial charge in [0.1, 0.15) is 0 Å². The predicted octanol–water partition coefficient (Wildman–Crippen LogP) is 0.422. The van der Waals surface area contributed by atoms with Crippen LogP contribution in [0.2, 0.25) is 0 Å². The fraction of sp³-hybridized carbons (Fsp3) is 0.600. The van der Waals surface area contributed by atoms with Crippen LogP contribution in [0.5, 0.6) is 0 Å². The van der Waals surface area contributed by atoms with Crippen molar-refractivity contribution in [2.24, 2.45) is 5.92 Å². The summed E-state index contributed by atoms with van der Waals surface area (Å²) in [7, 11) is 0. The van der Waals surface area contributed by atoms with Gasteiger partial charge < -0.3 is 14.9 Å². The van der Waals surface area contributed by atoms with E-state index in [4.69, 9.17) is 10.2 Å². The van der Waals surface area contributed by atoms with E-state index in [2.05, 4.69) is 4.74 Å². The minimum Gasteiger partial charge on any atom is -0.481 e. The average molecular weight is 246 g/mol. The highest BCUT2D eigenvalue weighted by Gasteiger charge is 2.19. The van der Waals surface area contributed by atoms with Gasteiger partial charge >= 0.3 is 23.9 Å². The molecule has 0 aliphatic carbocycles. The smallest absolute Gasteiger partial charge is 0.313 e. The third-order valence-corrected chi connectivity index (χ3v) is 1.94. The number of carboxylic acids is 2. The first kappa shape index (κ1) is 15.1. The molecule has 0 saturated carbocycles. The second kappa shape index (κ2) is 7.37. The second-order valence-corrected chi connectivity index (χ2v) is 3.57. The number of esters is 2. The topological polar surface area (TPSA) is 118 Å². The lowest BCUT2D eigenvalue weighted by atomic mass is 9.96. The molecule has 7 nitrogen and oxygen atoms in total. The Morgan fingerprint density at radius 3 is 1.88 bits per heavy atom. The first-order valence-electron chi connectivity index (χ1n) is 4.96. The molecule has 0 atom stereocenters. The van der Waals surface area contributed by atoms with Gasteiger partial charge in [-0.3, -0.25) is 19.2 Å². The van der Waals surface area contributed by atoms with Gasteiger partial charge in [-0.05, 0) is 12.3 Å². The maximum Gasteiger partial charge on any atom is 0.313 e. The Morgan fingerprint density at radius 1 is 1.06 bits per heavy atom. The number of carbonyl (C=O) groups excluding carboxylic acids is 2. The minimum absolute atomic E-state index is 0.0602. The van der Waals surface area contributed by atoms with Crippen LogP contribution in [0.1, 0.15) is 32.6 Å². The maximum atomic E-state index is 11.0. The van der Waals surface area contributed by atoms with Crippen molar-refractivity contribution in [2.45, 2.75) is 32.6 Å². The van der Waals surface area contributed by atoms with Crippen molar-refractivity contribution in [3.05, 3.63) is 0 Å². The Labute approximate surface area is 97.4 Å². The van der Waals surface area contributed by atoms with Gasteiger partial charge in [-0.2, -0.15) is 0 Å². The van der Waals surface area contributed by atoms with Crippen LogP contribution in [0.3, 0.4) is 0 Å². The van der Waals surface area contributed by atoms with Crippen molar-refractivity contribution in [3.8, 4) is 0 Å². The quantitative estimate of drug-likeness (QED) is 0.493. The van der Waals surface area contributed by atoms with Crippen LogP contribution in [0, 0.1) is 5.92 Å². The maximum absolute atomic E-state index is 11.0. The van der Waals surface area contributed by atoms with E-state index in [0.717, 1.165) is 6.92 Å². The van der Waals surface area contributed by atoms with E-state index in [0.29, 0.717) is 0 Å². The zero-order valence-corrected chi connectivity index (χ0v) is 9.34. The number of carboxylic acid groups (broad SMARTS) is 2. The summed E-state index contributed by atoms with van der Waals surface area (Å²) in [6, 6.07) is 0. The molecule has 7 heteroatoms. The predicted molar refractivity (Wildman–Crippen MR) is 54.0 cm³/mol. The van der Waals surface area contributed by atoms with Gasteiger partial charge in [0, 0.05) is 26.2 Å². The van der Waals surface area contributed by atoms with Crippen molar-refractivity contribution in [1.29, 1.82) is 0 Å². The third-order valence-electron chi connectivity index (χ3n) is 1.94. The Kier molecular flexibility index (Phi) is 6.54. The number of carbonyl (C=O) groups is 4. The highest BCUT2D eigenvalue weighted by molar-refractivity contribution is 5.84. The molecule has 0 aromatic heterocycles. The van der Waals surface area contributed by atoms with Crippen LogP contribution in [0.15, 0.2) is 0 Å². The molecule has 0 fully saturated rings.